The summed E-state index contributed by atoms with van der Waals surface area (Å²) >= 11 is 15.5. The number of benzene rings is 1. The Morgan fingerprint density at radius 3 is 2.83 bits per heavy atom. The lowest BCUT2D eigenvalue weighted by Crippen LogP contribution is -2.43. The molecule has 1 aromatic carbocycles. The molecule has 1 aliphatic rings. The number of nitrogens with zero attached hydrogens (tertiary/aromatic N) is 1. The average Bonchev–Trinajstić information content (AvgIpc) is 2.32. The standard InChI is InChI=1S/C13H14BrCl2NO/c1-8-4-5-17(7-12(8)16)13(18)10-3-2-9(15)6-11(10)14/h2-3,6,8,12H,4-5,7H2,1H3. The SMILES string of the molecule is CC1CCN(C(=O)c2ccc(Cl)cc2Br)CC1Cl. The lowest BCUT2D eigenvalue weighted by Gasteiger charge is -2.34. The van der Waals surface area contributed by atoms with Crippen molar-refractivity contribution >= 4 is 45.0 Å². The third-order valence-corrected chi connectivity index (χ3v) is 4.77. The molecule has 98 valence electrons. The molecule has 0 saturated carbocycles. The summed E-state index contributed by atoms with van der Waals surface area (Å²) in [6.45, 7) is 3.49. The molecule has 1 amide bonds. The van der Waals surface area contributed by atoms with E-state index in [4.69, 9.17) is 23.2 Å². The summed E-state index contributed by atoms with van der Waals surface area (Å²) in [7, 11) is 0. The number of piperidine rings is 1. The van der Waals surface area contributed by atoms with Crippen molar-refractivity contribution in [3.05, 3.63) is 33.3 Å². The molecule has 0 bridgehead atoms. The van der Waals surface area contributed by atoms with Crippen LogP contribution in [0.4, 0.5) is 0 Å². The van der Waals surface area contributed by atoms with Crippen LogP contribution in [0.5, 0.6) is 0 Å². The summed E-state index contributed by atoms with van der Waals surface area (Å²) in [5, 5.41) is 0.648. The minimum atomic E-state index is 0.0103. The molecule has 1 heterocycles. The normalized spacial score (nSPS) is 24.1. The van der Waals surface area contributed by atoms with Gasteiger partial charge in [0.15, 0.2) is 0 Å². The van der Waals surface area contributed by atoms with E-state index in [-0.39, 0.29) is 11.3 Å². The summed E-state index contributed by atoms with van der Waals surface area (Å²) in [4.78, 5) is 14.2. The van der Waals surface area contributed by atoms with Crippen molar-refractivity contribution in [2.24, 2.45) is 5.92 Å². The summed E-state index contributed by atoms with van der Waals surface area (Å²) < 4.78 is 0.727. The van der Waals surface area contributed by atoms with Crippen molar-refractivity contribution in [1.82, 2.24) is 4.90 Å². The maximum absolute atomic E-state index is 12.4. The van der Waals surface area contributed by atoms with Gasteiger partial charge in [-0.25, -0.2) is 0 Å². The van der Waals surface area contributed by atoms with Crippen LogP contribution in [0, 0.1) is 5.92 Å². The first-order chi connectivity index (χ1) is 8.49. The van der Waals surface area contributed by atoms with Gasteiger partial charge in [0.1, 0.15) is 0 Å². The highest BCUT2D eigenvalue weighted by Crippen LogP contribution is 2.26. The smallest absolute Gasteiger partial charge is 0.255 e. The highest BCUT2D eigenvalue weighted by Gasteiger charge is 2.28. The Morgan fingerprint density at radius 2 is 2.22 bits per heavy atom. The fraction of sp³-hybridized carbons (Fsp3) is 0.462. The minimum Gasteiger partial charge on any atom is -0.337 e. The van der Waals surface area contributed by atoms with Gasteiger partial charge in [-0.3, -0.25) is 4.79 Å². The Labute approximate surface area is 125 Å². The number of likely N-dealkylation sites (tertiary alicyclic amines) is 1. The summed E-state index contributed by atoms with van der Waals surface area (Å²) in [5.41, 5.74) is 0.637. The molecule has 0 aliphatic carbocycles. The van der Waals surface area contributed by atoms with E-state index in [1.54, 1.807) is 18.2 Å². The first-order valence-corrected chi connectivity index (χ1v) is 7.48. The maximum atomic E-state index is 12.4. The van der Waals surface area contributed by atoms with E-state index in [0.717, 1.165) is 17.4 Å². The molecule has 18 heavy (non-hydrogen) atoms. The second kappa shape index (κ2) is 5.81. The van der Waals surface area contributed by atoms with Gasteiger partial charge in [0, 0.05) is 22.6 Å². The topological polar surface area (TPSA) is 20.3 Å². The Balaban J connectivity index is 2.16. The second-order valence-corrected chi connectivity index (χ2v) is 6.51. The number of carbonyl (C=O) groups is 1. The lowest BCUT2D eigenvalue weighted by atomic mass is 9.98. The molecule has 0 N–H and O–H groups in total. The van der Waals surface area contributed by atoms with Gasteiger partial charge in [0.05, 0.1) is 10.9 Å². The number of hydrogen-bond acceptors (Lipinski definition) is 1. The van der Waals surface area contributed by atoms with Crippen LogP contribution in [0.3, 0.4) is 0 Å². The van der Waals surface area contributed by atoms with Crippen molar-refractivity contribution in [2.75, 3.05) is 13.1 Å². The van der Waals surface area contributed by atoms with E-state index in [1.807, 2.05) is 4.90 Å². The van der Waals surface area contributed by atoms with Gasteiger partial charge in [0.25, 0.3) is 5.91 Å². The molecule has 1 saturated heterocycles. The van der Waals surface area contributed by atoms with Crippen molar-refractivity contribution in [3.8, 4) is 0 Å². The highest BCUT2D eigenvalue weighted by atomic mass is 79.9. The van der Waals surface area contributed by atoms with Gasteiger partial charge in [-0.05, 0) is 46.5 Å². The third kappa shape index (κ3) is 3.01. The lowest BCUT2D eigenvalue weighted by molar-refractivity contribution is 0.0700. The number of rotatable bonds is 1. The van der Waals surface area contributed by atoms with Gasteiger partial charge < -0.3 is 4.90 Å². The van der Waals surface area contributed by atoms with Crippen molar-refractivity contribution < 1.29 is 4.79 Å². The zero-order valence-corrected chi connectivity index (χ0v) is 13.1. The number of alkyl halides is 1. The number of amides is 1. The third-order valence-electron chi connectivity index (χ3n) is 3.32. The summed E-state index contributed by atoms with van der Waals surface area (Å²) in [5.74, 6) is 0.473. The molecular formula is C13H14BrCl2NO. The van der Waals surface area contributed by atoms with E-state index in [9.17, 15) is 4.79 Å². The van der Waals surface area contributed by atoms with Crippen LogP contribution < -0.4 is 0 Å². The van der Waals surface area contributed by atoms with Crippen LogP contribution in [0.25, 0.3) is 0 Å². The fourth-order valence-corrected chi connectivity index (χ4v) is 3.18. The summed E-state index contributed by atoms with van der Waals surface area (Å²) in [6, 6.07) is 5.21. The minimum absolute atomic E-state index is 0.0103. The Kier molecular flexibility index (Phi) is 4.57. The maximum Gasteiger partial charge on any atom is 0.255 e. The largest absolute Gasteiger partial charge is 0.337 e. The zero-order chi connectivity index (χ0) is 13.3. The van der Waals surface area contributed by atoms with Crippen LogP contribution in [0.1, 0.15) is 23.7 Å². The van der Waals surface area contributed by atoms with Gasteiger partial charge >= 0.3 is 0 Å². The predicted molar refractivity (Wildman–Crippen MR) is 78.5 cm³/mol. The van der Waals surface area contributed by atoms with Gasteiger partial charge in [-0.2, -0.15) is 0 Å². The molecular weight excluding hydrogens is 337 g/mol. The summed E-state index contributed by atoms with van der Waals surface area (Å²) in [6.07, 6.45) is 0.950. The van der Waals surface area contributed by atoms with Crippen molar-refractivity contribution in [1.29, 1.82) is 0 Å². The van der Waals surface area contributed by atoms with Crippen molar-refractivity contribution in [3.63, 3.8) is 0 Å². The molecule has 0 radical (unpaired) electrons. The van der Waals surface area contributed by atoms with E-state index in [0.29, 0.717) is 23.0 Å². The molecule has 1 fully saturated rings. The number of halogens is 3. The molecule has 5 heteroatoms. The van der Waals surface area contributed by atoms with Gasteiger partial charge in [0.2, 0.25) is 0 Å². The van der Waals surface area contributed by atoms with E-state index in [2.05, 4.69) is 22.9 Å². The average molecular weight is 351 g/mol. The van der Waals surface area contributed by atoms with Crippen LogP contribution in [0.15, 0.2) is 22.7 Å². The molecule has 2 rings (SSSR count). The number of carbonyl (C=O) groups excluding carboxylic acids is 1. The van der Waals surface area contributed by atoms with E-state index < -0.39 is 0 Å². The van der Waals surface area contributed by atoms with Gasteiger partial charge in [-0.1, -0.05) is 18.5 Å². The number of hydrogen-bond donors (Lipinski definition) is 0. The first kappa shape index (κ1) is 14.2. The second-order valence-electron chi connectivity index (χ2n) is 4.66. The van der Waals surface area contributed by atoms with Crippen LogP contribution in [0.2, 0.25) is 5.02 Å². The molecule has 1 aliphatic heterocycles. The monoisotopic (exact) mass is 349 g/mol. The molecule has 0 aromatic heterocycles. The Hall–Kier alpha value is -0.250. The highest BCUT2D eigenvalue weighted by molar-refractivity contribution is 9.10. The molecule has 2 unspecified atom stereocenters. The van der Waals surface area contributed by atoms with Crippen LogP contribution in [-0.2, 0) is 0 Å². The van der Waals surface area contributed by atoms with Crippen LogP contribution in [-0.4, -0.2) is 29.3 Å². The zero-order valence-electron chi connectivity index (χ0n) is 10.00. The Bertz CT molecular complexity index is 466. The van der Waals surface area contributed by atoms with E-state index in [1.165, 1.54) is 0 Å². The van der Waals surface area contributed by atoms with E-state index >= 15 is 0 Å². The first-order valence-electron chi connectivity index (χ1n) is 5.87. The fourth-order valence-electron chi connectivity index (χ4n) is 2.04. The molecule has 2 atom stereocenters. The van der Waals surface area contributed by atoms with Crippen molar-refractivity contribution in [2.45, 2.75) is 18.7 Å². The van der Waals surface area contributed by atoms with Crippen LogP contribution >= 0.6 is 39.1 Å². The van der Waals surface area contributed by atoms with Gasteiger partial charge in [-0.15, -0.1) is 11.6 Å². The Morgan fingerprint density at radius 1 is 1.50 bits per heavy atom. The molecule has 0 spiro atoms. The predicted octanol–water partition coefficient (Wildman–Crippen LogP) is 4.19. The molecule has 1 aromatic rings. The molecule has 2 nitrogen and oxygen atoms in total. The quantitative estimate of drug-likeness (QED) is 0.695.